The minimum absolute atomic E-state index is 0.113. The zero-order chi connectivity index (χ0) is 40.8. The highest BCUT2D eigenvalue weighted by molar-refractivity contribution is 6.10. The predicted molar refractivity (Wildman–Crippen MR) is 256 cm³/mol. The van der Waals surface area contributed by atoms with Gasteiger partial charge in [0.05, 0.1) is 11.0 Å². The fourth-order valence-electron chi connectivity index (χ4n) is 9.99. The maximum Gasteiger partial charge on any atom is 0.135 e. The summed E-state index contributed by atoms with van der Waals surface area (Å²) in [5, 5.41) is 4.78. The third kappa shape index (κ3) is 5.58. The van der Waals surface area contributed by atoms with Crippen LogP contribution in [0.15, 0.2) is 205 Å². The molecule has 1 aliphatic rings. The molecule has 2 aromatic heterocycles. The van der Waals surface area contributed by atoms with Crippen molar-refractivity contribution in [1.29, 1.82) is 0 Å². The van der Waals surface area contributed by atoms with Crippen molar-refractivity contribution >= 4 is 60.8 Å². The average Bonchev–Trinajstić information content (AvgIpc) is 3.92. The van der Waals surface area contributed by atoms with E-state index >= 15 is 0 Å². The van der Waals surface area contributed by atoms with Crippen molar-refractivity contribution in [2.45, 2.75) is 26.2 Å². The first-order valence-electron chi connectivity index (χ1n) is 21.2. The zero-order valence-electron chi connectivity index (χ0n) is 34.4. The Morgan fingerprint density at radius 3 is 1.77 bits per heavy atom. The predicted octanol–water partition coefficient (Wildman–Crippen LogP) is 16.1. The van der Waals surface area contributed by atoms with Gasteiger partial charge in [0.2, 0.25) is 0 Å². The molecule has 0 N–H and O–H groups in total. The van der Waals surface area contributed by atoms with Gasteiger partial charge in [0.1, 0.15) is 11.2 Å². The summed E-state index contributed by atoms with van der Waals surface area (Å²) in [6, 6.07) is 73.2. The van der Waals surface area contributed by atoms with Gasteiger partial charge in [0.15, 0.2) is 0 Å². The van der Waals surface area contributed by atoms with E-state index in [1.165, 1.54) is 66.4 Å². The summed E-state index contributed by atoms with van der Waals surface area (Å²) in [6.45, 7) is 6.86. The van der Waals surface area contributed by atoms with Crippen molar-refractivity contribution in [3.63, 3.8) is 0 Å². The Morgan fingerprint density at radius 2 is 1.00 bits per heavy atom. The first-order chi connectivity index (χ1) is 29.9. The molecule has 0 radical (unpaired) electrons. The summed E-state index contributed by atoms with van der Waals surface area (Å²) in [5.74, 6) is 0. The van der Waals surface area contributed by atoms with Crippen molar-refractivity contribution in [2.75, 3.05) is 4.90 Å². The van der Waals surface area contributed by atoms with Crippen molar-refractivity contribution < 1.29 is 4.42 Å². The molecule has 3 nitrogen and oxygen atoms in total. The van der Waals surface area contributed by atoms with Crippen molar-refractivity contribution in [1.82, 2.24) is 4.57 Å². The molecule has 1 aliphatic carbocycles. The van der Waals surface area contributed by atoms with Gasteiger partial charge in [-0.05, 0) is 142 Å². The van der Waals surface area contributed by atoms with E-state index in [0.29, 0.717) is 0 Å². The van der Waals surface area contributed by atoms with Gasteiger partial charge in [-0.15, -0.1) is 0 Å². The van der Waals surface area contributed by atoms with Crippen LogP contribution in [-0.4, -0.2) is 4.57 Å². The second kappa shape index (κ2) is 13.5. The van der Waals surface area contributed by atoms with Crippen LogP contribution in [-0.2, 0) is 5.41 Å². The Bertz CT molecular complexity index is 3510. The second-order valence-electron chi connectivity index (χ2n) is 17.1. The van der Waals surface area contributed by atoms with Gasteiger partial charge in [-0.1, -0.05) is 129 Å². The molecule has 0 fully saturated rings. The average molecular weight is 783 g/mol. The van der Waals surface area contributed by atoms with Crippen LogP contribution in [0.1, 0.15) is 30.5 Å². The Morgan fingerprint density at radius 1 is 0.410 bits per heavy atom. The topological polar surface area (TPSA) is 21.3 Å². The van der Waals surface area contributed by atoms with Gasteiger partial charge in [-0.2, -0.15) is 0 Å². The number of hydrogen-bond acceptors (Lipinski definition) is 2. The molecule has 11 aromatic rings. The summed E-state index contributed by atoms with van der Waals surface area (Å²) < 4.78 is 8.54. The Balaban J connectivity index is 0.951. The lowest BCUT2D eigenvalue weighted by Gasteiger charge is -2.28. The lowest BCUT2D eigenvalue weighted by molar-refractivity contribution is 0.660. The molecule has 0 unspecified atom stereocenters. The Labute approximate surface area is 355 Å². The van der Waals surface area contributed by atoms with Crippen LogP contribution in [0.2, 0.25) is 0 Å². The van der Waals surface area contributed by atoms with E-state index in [-0.39, 0.29) is 5.41 Å². The molecule has 12 rings (SSSR count). The molecule has 9 aromatic carbocycles. The van der Waals surface area contributed by atoms with E-state index in [1.807, 2.05) is 12.1 Å². The van der Waals surface area contributed by atoms with Gasteiger partial charge >= 0.3 is 0 Å². The first kappa shape index (κ1) is 35.3. The molecule has 0 aliphatic heterocycles. The number of hydrogen-bond donors (Lipinski definition) is 0. The summed E-state index contributed by atoms with van der Waals surface area (Å²) in [5.41, 5.74) is 20.0. The van der Waals surface area contributed by atoms with Crippen LogP contribution in [0.5, 0.6) is 0 Å². The number of aromatic nitrogens is 1. The molecule has 0 spiro atoms. The Hall–Kier alpha value is -7.62. The number of benzene rings is 9. The highest BCUT2D eigenvalue weighted by Gasteiger charge is 2.35. The van der Waals surface area contributed by atoms with Crippen molar-refractivity contribution in [3.8, 4) is 39.1 Å². The zero-order valence-corrected chi connectivity index (χ0v) is 34.4. The largest absolute Gasteiger partial charge is 0.456 e. The van der Waals surface area contributed by atoms with Crippen LogP contribution in [0, 0.1) is 6.92 Å². The first-order valence-corrected chi connectivity index (χ1v) is 21.2. The monoisotopic (exact) mass is 782 g/mol. The SMILES string of the molecule is Cc1cccc(-n2c3ccccc3c3cc(-c4ccc(N(c5ccc(-c6ccc7oc8ccccc8c7c6)cc5)c5ccc6c(c5)C(C)(C)c5ccccc5-6)cc4)ccc32)c1. The number of anilines is 3. The standard InChI is InChI=1S/C58H42N2O/c1-37-11-10-12-44(33-37)60-54-17-8-5-14-48(54)50-34-40(23-31-55(50)60)38-19-25-42(26-20-38)59(45-29-30-47-46-13-4-7-16-52(46)58(2,3)53(47)36-45)43-27-21-39(22-28-43)41-24-32-57-51(35-41)49-15-6-9-18-56(49)61-57/h4-36H,1-3H3. The third-order valence-electron chi connectivity index (χ3n) is 13.1. The fraction of sp³-hybridized carbons (Fsp3) is 0.0690. The molecule has 290 valence electrons. The summed E-state index contributed by atoms with van der Waals surface area (Å²) in [7, 11) is 0. The fourth-order valence-corrected chi connectivity index (χ4v) is 9.99. The summed E-state index contributed by atoms with van der Waals surface area (Å²) in [6.07, 6.45) is 0. The third-order valence-corrected chi connectivity index (χ3v) is 13.1. The summed E-state index contributed by atoms with van der Waals surface area (Å²) in [4.78, 5) is 2.40. The number of furan rings is 1. The lowest BCUT2D eigenvalue weighted by atomic mass is 9.82. The number of rotatable bonds is 6. The molecule has 3 heteroatoms. The molecule has 0 saturated carbocycles. The number of fused-ring (bicyclic) bond motifs is 9. The Kier molecular flexibility index (Phi) is 7.79. The van der Waals surface area contributed by atoms with E-state index < -0.39 is 0 Å². The van der Waals surface area contributed by atoms with Gasteiger partial charge in [0.25, 0.3) is 0 Å². The van der Waals surface area contributed by atoms with Gasteiger partial charge in [-0.3, -0.25) is 0 Å². The van der Waals surface area contributed by atoms with Gasteiger partial charge in [-0.25, -0.2) is 0 Å². The minimum Gasteiger partial charge on any atom is -0.456 e. The van der Waals surface area contributed by atoms with E-state index in [9.17, 15) is 0 Å². The molecule has 0 saturated heterocycles. The van der Waals surface area contributed by atoms with E-state index in [1.54, 1.807) is 0 Å². The van der Waals surface area contributed by atoms with Crippen LogP contribution in [0.3, 0.4) is 0 Å². The number of aryl methyl sites for hydroxylation is 1. The number of nitrogens with zero attached hydrogens (tertiary/aromatic N) is 2. The quantitative estimate of drug-likeness (QED) is 0.168. The number of para-hydroxylation sites is 2. The van der Waals surface area contributed by atoms with Crippen LogP contribution in [0.25, 0.3) is 82.8 Å². The highest BCUT2D eigenvalue weighted by atomic mass is 16.3. The van der Waals surface area contributed by atoms with Gasteiger partial charge in [0, 0.05) is 49.7 Å². The van der Waals surface area contributed by atoms with E-state index in [0.717, 1.165) is 50.1 Å². The smallest absolute Gasteiger partial charge is 0.135 e. The lowest BCUT2D eigenvalue weighted by Crippen LogP contribution is -2.16. The normalized spacial score (nSPS) is 13.0. The molecular formula is C58H42N2O. The van der Waals surface area contributed by atoms with Crippen molar-refractivity contribution in [3.05, 3.63) is 217 Å². The molecule has 61 heavy (non-hydrogen) atoms. The minimum atomic E-state index is -0.113. The van der Waals surface area contributed by atoms with Gasteiger partial charge < -0.3 is 13.9 Å². The van der Waals surface area contributed by atoms with Crippen LogP contribution >= 0.6 is 0 Å². The molecule has 2 heterocycles. The molecule has 0 amide bonds. The highest BCUT2D eigenvalue weighted by Crippen LogP contribution is 2.51. The van der Waals surface area contributed by atoms with Crippen molar-refractivity contribution in [2.24, 2.45) is 0 Å². The summed E-state index contributed by atoms with van der Waals surface area (Å²) >= 11 is 0. The maximum atomic E-state index is 6.14. The molecular weight excluding hydrogens is 741 g/mol. The van der Waals surface area contributed by atoms with E-state index in [4.69, 9.17) is 4.42 Å². The molecule has 0 bridgehead atoms. The van der Waals surface area contributed by atoms with E-state index in [2.05, 4.69) is 218 Å². The molecule has 0 atom stereocenters. The van der Waals surface area contributed by atoms with Crippen LogP contribution in [0.4, 0.5) is 17.1 Å². The van der Waals surface area contributed by atoms with Crippen LogP contribution < -0.4 is 4.90 Å². The second-order valence-corrected chi connectivity index (χ2v) is 17.1. The maximum absolute atomic E-state index is 6.14.